The zero-order valence-corrected chi connectivity index (χ0v) is 19.5. The van der Waals surface area contributed by atoms with Gasteiger partial charge < -0.3 is 10.2 Å². The number of carbonyl (C=O) groups excluding carboxylic acids is 2. The van der Waals surface area contributed by atoms with Gasteiger partial charge in [-0.15, -0.1) is 11.8 Å². The summed E-state index contributed by atoms with van der Waals surface area (Å²) >= 11 is 1.37. The topological polar surface area (TPSA) is 86.8 Å². The average Bonchev–Trinajstić information content (AvgIpc) is 2.72. The van der Waals surface area contributed by atoms with Gasteiger partial charge in [-0.05, 0) is 49.8 Å². The highest BCUT2D eigenvalue weighted by atomic mass is 32.2. The number of amides is 2. The molecule has 1 aromatic carbocycles. The van der Waals surface area contributed by atoms with Crippen LogP contribution in [0.1, 0.15) is 46.5 Å². The Balaban J connectivity index is 1.80. The molecular weight excluding hydrogens is 422 g/mol. The summed E-state index contributed by atoms with van der Waals surface area (Å²) in [7, 11) is -3.65. The molecule has 9 heteroatoms. The molecule has 0 spiro atoms. The lowest BCUT2D eigenvalue weighted by molar-refractivity contribution is -0.123. The van der Waals surface area contributed by atoms with E-state index in [2.05, 4.69) is 12.2 Å². The van der Waals surface area contributed by atoms with Gasteiger partial charge in [-0.1, -0.05) is 20.8 Å². The Bertz CT molecular complexity index is 892. The number of rotatable bonds is 7. The number of anilines is 1. The molecule has 1 aromatic rings. The molecule has 1 N–H and O–H groups in total. The third kappa shape index (κ3) is 5.00. The van der Waals surface area contributed by atoms with Crippen molar-refractivity contribution in [1.29, 1.82) is 0 Å². The highest BCUT2D eigenvalue weighted by Crippen LogP contribution is 2.37. The van der Waals surface area contributed by atoms with Gasteiger partial charge in [0.1, 0.15) is 6.54 Å². The number of fused-ring (bicyclic) bond motifs is 1. The Morgan fingerprint density at radius 1 is 1.20 bits per heavy atom. The van der Waals surface area contributed by atoms with Crippen molar-refractivity contribution in [3.05, 3.63) is 18.2 Å². The van der Waals surface area contributed by atoms with E-state index in [9.17, 15) is 18.0 Å². The molecule has 1 aliphatic heterocycles. The molecule has 0 aromatic heterocycles. The SMILES string of the molecule is CCN(CC)S(=O)(=O)c1ccc2c(c1)N(CC(=O)NC1CCC(C)CC1)C(=O)CS2. The second kappa shape index (κ2) is 9.70. The molecule has 0 saturated heterocycles. The van der Waals surface area contributed by atoms with E-state index in [0.29, 0.717) is 24.7 Å². The Kier molecular flexibility index (Phi) is 7.47. The summed E-state index contributed by atoms with van der Waals surface area (Å²) in [5, 5.41) is 3.05. The first-order valence-electron chi connectivity index (χ1n) is 10.6. The fourth-order valence-electron chi connectivity index (χ4n) is 4.05. The fraction of sp³-hybridized carbons (Fsp3) is 0.619. The summed E-state index contributed by atoms with van der Waals surface area (Å²) in [6, 6.07) is 4.99. The van der Waals surface area contributed by atoms with Gasteiger partial charge in [0.2, 0.25) is 21.8 Å². The standard InChI is InChI=1S/C21H31N3O4S2/c1-4-23(5-2)30(27,28)17-10-11-19-18(12-17)24(21(26)14-29-19)13-20(25)22-16-8-6-15(3)7-9-16/h10-12,15-16H,4-9,13-14H2,1-3H3,(H,22,25). The van der Waals surface area contributed by atoms with E-state index in [4.69, 9.17) is 0 Å². The average molecular weight is 454 g/mol. The molecule has 1 fully saturated rings. The Labute approximate surface area is 183 Å². The van der Waals surface area contributed by atoms with E-state index in [1.54, 1.807) is 26.0 Å². The molecule has 0 radical (unpaired) electrons. The van der Waals surface area contributed by atoms with Crippen LogP contribution < -0.4 is 10.2 Å². The molecular formula is C21H31N3O4S2. The van der Waals surface area contributed by atoms with Crippen molar-refractivity contribution in [2.75, 3.05) is 30.3 Å². The van der Waals surface area contributed by atoms with Crippen molar-refractivity contribution in [3.8, 4) is 0 Å². The number of benzene rings is 1. The van der Waals surface area contributed by atoms with Crippen LogP contribution in [0.5, 0.6) is 0 Å². The number of hydrogen-bond acceptors (Lipinski definition) is 5. The van der Waals surface area contributed by atoms with Crippen LogP contribution in [0, 0.1) is 5.92 Å². The van der Waals surface area contributed by atoms with Crippen molar-refractivity contribution >= 4 is 39.3 Å². The minimum atomic E-state index is -3.65. The lowest BCUT2D eigenvalue weighted by atomic mass is 9.87. The molecule has 2 amide bonds. The number of nitrogens with zero attached hydrogens (tertiary/aromatic N) is 2. The van der Waals surface area contributed by atoms with Gasteiger partial charge in [-0.3, -0.25) is 9.59 Å². The third-order valence-corrected chi connectivity index (χ3v) is 8.99. The minimum absolute atomic E-state index is 0.0901. The molecule has 30 heavy (non-hydrogen) atoms. The summed E-state index contributed by atoms with van der Waals surface area (Å²) in [5.41, 5.74) is 0.497. The zero-order valence-electron chi connectivity index (χ0n) is 17.9. The lowest BCUT2D eigenvalue weighted by Gasteiger charge is -2.31. The quantitative estimate of drug-likeness (QED) is 0.686. The van der Waals surface area contributed by atoms with E-state index in [1.807, 2.05) is 0 Å². The van der Waals surface area contributed by atoms with Crippen LogP contribution in [0.25, 0.3) is 0 Å². The first kappa shape index (κ1) is 23.1. The van der Waals surface area contributed by atoms with Crippen molar-refractivity contribution in [2.45, 2.75) is 62.3 Å². The molecule has 1 aliphatic carbocycles. The van der Waals surface area contributed by atoms with Crippen molar-refractivity contribution < 1.29 is 18.0 Å². The molecule has 0 atom stereocenters. The molecule has 1 heterocycles. The van der Waals surface area contributed by atoms with Crippen molar-refractivity contribution in [3.63, 3.8) is 0 Å². The maximum atomic E-state index is 12.9. The molecule has 166 valence electrons. The van der Waals surface area contributed by atoms with Gasteiger partial charge >= 0.3 is 0 Å². The van der Waals surface area contributed by atoms with Crippen LogP contribution >= 0.6 is 11.8 Å². The first-order chi connectivity index (χ1) is 14.3. The highest BCUT2D eigenvalue weighted by molar-refractivity contribution is 8.00. The predicted molar refractivity (Wildman–Crippen MR) is 119 cm³/mol. The second-order valence-electron chi connectivity index (χ2n) is 8.01. The van der Waals surface area contributed by atoms with Crippen LogP contribution in [-0.2, 0) is 19.6 Å². The highest BCUT2D eigenvalue weighted by Gasteiger charge is 2.30. The van der Waals surface area contributed by atoms with Crippen LogP contribution in [0.3, 0.4) is 0 Å². The molecule has 1 saturated carbocycles. The van der Waals surface area contributed by atoms with Crippen LogP contribution in [0.15, 0.2) is 28.0 Å². The van der Waals surface area contributed by atoms with E-state index in [0.717, 1.165) is 30.6 Å². The summed E-state index contributed by atoms with van der Waals surface area (Å²) in [4.78, 5) is 27.6. The molecule has 0 unspecified atom stereocenters. The number of thioether (sulfide) groups is 1. The van der Waals surface area contributed by atoms with Gasteiger partial charge in [0.05, 0.1) is 16.3 Å². The maximum absolute atomic E-state index is 12.9. The number of hydrogen-bond donors (Lipinski definition) is 1. The third-order valence-electron chi connectivity index (χ3n) is 5.90. The summed E-state index contributed by atoms with van der Waals surface area (Å²) in [6.07, 6.45) is 4.11. The van der Waals surface area contributed by atoms with Gasteiger partial charge in [0, 0.05) is 24.0 Å². The predicted octanol–water partition coefficient (Wildman–Crippen LogP) is 2.85. The largest absolute Gasteiger partial charge is 0.352 e. The van der Waals surface area contributed by atoms with Crippen LogP contribution in [0.2, 0.25) is 0 Å². The Morgan fingerprint density at radius 3 is 2.50 bits per heavy atom. The summed E-state index contributed by atoms with van der Waals surface area (Å²) < 4.78 is 27.2. The summed E-state index contributed by atoms with van der Waals surface area (Å²) in [6.45, 7) is 6.46. The number of sulfonamides is 1. The maximum Gasteiger partial charge on any atom is 0.243 e. The van der Waals surface area contributed by atoms with Gasteiger partial charge in [0.25, 0.3) is 0 Å². The van der Waals surface area contributed by atoms with Gasteiger partial charge in [-0.2, -0.15) is 4.31 Å². The zero-order chi connectivity index (χ0) is 21.9. The normalized spacial score (nSPS) is 22.1. The minimum Gasteiger partial charge on any atom is -0.352 e. The molecule has 0 bridgehead atoms. The van der Waals surface area contributed by atoms with Crippen molar-refractivity contribution in [1.82, 2.24) is 9.62 Å². The monoisotopic (exact) mass is 453 g/mol. The second-order valence-corrected chi connectivity index (χ2v) is 11.0. The molecule has 2 aliphatic rings. The van der Waals surface area contributed by atoms with E-state index < -0.39 is 10.0 Å². The molecule has 3 rings (SSSR count). The smallest absolute Gasteiger partial charge is 0.243 e. The van der Waals surface area contributed by atoms with Gasteiger partial charge in [0.15, 0.2) is 0 Å². The fourth-order valence-corrected chi connectivity index (χ4v) is 6.44. The van der Waals surface area contributed by atoms with Crippen LogP contribution in [0.4, 0.5) is 5.69 Å². The van der Waals surface area contributed by atoms with Crippen molar-refractivity contribution in [2.24, 2.45) is 5.92 Å². The number of carbonyl (C=O) groups is 2. The molecule has 7 nitrogen and oxygen atoms in total. The van der Waals surface area contributed by atoms with Crippen LogP contribution in [-0.4, -0.2) is 56.0 Å². The Morgan fingerprint density at radius 2 is 1.87 bits per heavy atom. The van der Waals surface area contributed by atoms with Gasteiger partial charge in [-0.25, -0.2) is 8.42 Å². The lowest BCUT2D eigenvalue weighted by Crippen LogP contribution is -2.46. The van der Waals surface area contributed by atoms with E-state index >= 15 is 0 Å². The van der Waals surface area contributed by atoms with E-state index in [-0.39, 0.29) is 35.0 Å². The van der Waals surface area contributed by atoms with E-state index in [1.165, 1.54) is 27.0 Å². The Hall–Kier alpha value is -1.58. The first-order valence-corrected chi connectivity index (χ1v) is 13.1. The number of nitrogens with one attached hydrogen (secondary N) is 1. The summed E-state index contributed by atoms with van der Waals surface area (Å²) in [5.74, 6) is 0.551.